The van der Waals surface area contributed by atoms with E-state index in [1.54, 1.807) is 0 Å². The minimum atomic E-state index is 0.0138. The summed E-state index contributed by atoms with van der Waals surface area (Å²) in [7, 11) is 0. The molecule has 1 saturated carbocycles. The van der Waals surface area contributed by atoms with Crippen LogP contribution in [0.2, 0.25) is 0 Å². The van der Waals surface area contributed by atoms with Crippen molar-refractivity contribution in [3.05, 3.63) is 23.8 Å². The number of nitrogens with one attached hydrogen (secondary N) is 3. The van der Waals surface area contributed by atoms with E-state index in [0.29, 0.717) is 5.92 Å². The molecule has 1 amide bonds. The van der Waals surface area contributed by atoms with Crippen molar-refractivity contribution < 1.29 is 4.79 Å². The first-order valence-corrected chi connectivity index (χ1v) is 11.3. The molecule has 3 N–H and O–H groups in total. The molecule has 0 radical (unpaired) electrons. The standard InChI is InChI=1S/C16H26N2O.C7H17N/c1-3-6-12-9-10-14(11-12)15-8-5-7-13(4-2)16(19)18-17-15;1-3-5-7-8-6-4-2/h5,7-8,12,14-15,17H,3-4,6,9-11H2,1-2H3,(H,18,19);8H,3-7H2,1-2H3/b8-5+,13-7-;/t12-,14?,15+;/m0./s1. The number of rotatable bonds is 9. The number of unbranched alkanes of at least 4 members (excludes halogenated alkanes) is 1. The average molecular weight is 378 g/mol. The van der Waals surface area contributed by atoms with E-state index in [-0.39, 0.29) is 11.9 Å². The molecule has 0 aromatic carbocycles. The van der Waals surface area contributed by atoms with Gasteiger partial charge in [0.25, 0.3) is 5.91 Å². The van der Waals surface area contributed by atoms with Crippen molar-refractivity contribution in [1.29, 1.82) is 0 Å². The molecule has 1 unspecified atom stereocenters. The number of amides is 1. The van der Waals surface area contributed by atoms with Crippen molar-refractivity contribution in [3.8, 4) is 0 Å². The van der Waals surface area contributed by atoms with Crippen molar-refractivity contribution in [2.24, 2.45) is 11.8 Å². The van der Waals surface area contributed by atoms with Gasteiger partial charge in [0, 0.05) is 11.6 Å². The Morgan fingerprint density at radius 2 is 1.89 bits per heavy atom. The first-order chi connectivity index (χ1) is 13.2. The van der Waals surface area contributed by atoms with Gasteiger partial charge in [-0.2, -0.15) is 0 Å². The third kappa shape index (κ3) is 9.57. The highest BCUT2D eigenvalue weighted by molar-refractivity contribution is 5.93. The highest BCUT2D eigenvalue weighted by Gasteiger charge is 2.29. The zero-order valence-electron chi connectivity index (χ0n) is 18.2. The summed E-state index contributed by atoms with van der Waals surface area (Å²) in [6, 6.07) is 0.278. The zero-order valence-corrected chi connectivity index (χ0v) is 18.2. The van der Waals surface area contributed by atoms with Crippen LogP contribution in [-0.2, 0) is 4.79 Å². The lowest BCUT2D eigenvalue weighted by Crippen LogP contribution is -2.47. The Labute approximate surface area is 167 Å². The van der Waals surface area contributed by atoms with Gasteiger partial charge in [-0.15, -0.1) is 0 Å². The molecule has 0 saturated heterocycles. The van der Waals surface area contributed by atoms with Crippen LogP contribution in [0.5, 0.6) is 0 Å². The normalized spacial score (nSPS) is 28.2. The predicted molar refractivity (Wildman–Crippen MR) is 116 cm³/mol. The van der Waals surface area contributed by atoms with E-state index in [1.165, 1.54) is 64.5 Å². The van der Waals surface area contributed by atoms with Crippen molar-refractivity contribution in [2.75, 3.05) is 13.1 Å². The van der Waals surface area contributed by atoms with Crippen LogP contribution in [-0.4, -0.2) is 25.0 Å². The van der Waals surface area contributed by atoms with E-state index in [1.807, 2.05) is 19.1 Å². The summed E-state index contributed by atoms with van der Waals surface area (Å²) in [6.07, 6.45) is 17.4. The second-order valence-electron chi connectivity index (χ2n) is 7.89. The fourth-order valence-corrected chi connectivity index (χ4v) is 3.91. The topological polar surface area (TPSA) is 53.2 Å². The Balaban J connectivity index is 0.000000387. The van der Waals surface area contributed by atoms with Gasteiger partial charge < -0.3 is 5.32 Å². The lowest BCUT2D eigenvalue weighted by molar-refractivity contribution is -0.118. The second-order valence-corrected chi connectivity index (χ2v) is 7.89. The molecule has 1 aliphatic carbocycles. The summed E-state index contributed by atoms with van der Waals surface area (Å²) in [4.78, 5) is 11.8. The molecular formula is C23H43N3O. The summed E-state index contributed by atoms with van der Waals surface area (Å²) < 4.78 is 0. The highest BCUT2D eigenvalue weighted by Crippen LogP contribution is 2.36. The van der Waals surface area contributed by atoms with Gasteiger partial charge in [-0.3, -0.25) is 10.2 Å². The fourth-order valence-electron chi connectivity index (χ4n) is 3.91. The van der Waals surface area contributed by atoms with Crippen molar-refractivity contribution in [3.63, 3.8) is 0 Å². The lowest BCUT2D eigenvalue weighted by Gasteiger charge is -2.24. The Morgan fingerprint density at radius 1 is 1.07 bits per heavy atom. The maximum atomic E-state index is 11.8. The first-order valence-electron chi connectivity index (χ1n) is 11.3. The van der Waals surface area contributed by atoms with Gasteiger partial charge in [-0.05, 0) is 57.0 Å². The van der Waals surface area contributed by atoms with Crippen molar-refractivity contribution in [2.45, 2.75) is 91.5 Å². The third-order valence-corrected chi connectivity index (χ3v) is 5.56. The second kappa shape index (κ2) is 14.9. The Morgan fingerprint density at radius 3 is 2.56 bits per heavy atom. The van der Waals surface area contributed by atoms with Crippen LogP contribution in [0.4, 0.5) is 0 Å². The summed E-state index contributed by atoms with van der Waals surface area (Å²) in [5, 5.41) is 3.34. The predicted octanol–water partition coefficient (Wildman–Crippen LogP) is 4.88. The van der Waals surface area contributed by atoms with Gasteiger partial charge in [-0.1, -0.05) is 71.6 Å². The van der Waals surface area contributed by atoms with E-state index < -0.39 is 0 Å². The van der Waals surface area contributed by atoms with Crippen LogP contribution in [0.3, 0.4) is 0 Å². The monoisotopic (exact) mass is 377 g/mol. The molecular weight excluding hydrogens is 334 g/mol. The van der Waals surface area contributed by atoms with Crippen LogP contribution in [0, 0.1) is 11.8 Å². The van der Waals surface area contributed by atoms with Gasteiger partial charge in [0.1, 0.15) is 0 Å². The Bertz CT molecular complexity index is 453. The van der Waals surface area contributed by atoms with Gasteiger partial charge in [-0.25, -0.2) is 5.43 Å². The number of hydrogen-bond donors (Lipinski definition) is 3. The quantitative estimate of drug-likeness (QED) is 0.502. The van der Waals surface area contributed by atoms with Crippen LogP contribution in [0.25, 0.3) is 0 Å². The smallest absolute Gasteiger partial charge is 0.261 e. The van der Waals surface area contributed by atoms with Crippen LogP contribution >= 0.6 is 0 Å². The zero-order chi connectivity index (χ0) is 19.9. The van der Waals surface area contributed by atoms with E-state index in [4.69, 9.17) is 0 Å². The molecule has 0 spiro atoms. The molecule has 156 valence electrons. The molecule has 27 heavy (non-hydrogen) atoms. The summed E-state index contributed by atoms with van der Waals surface area (Å²) >= 11 is 0. The lowest BCUT2D eigenvalue weighted by atomic mass is 9.94. The first kappa shape index (κ1) is 23.9. The summed E-state index contributed by atoms with van der Waals surface area (Å²) in [6.45, 7) is 11.1. The molecule has 1 heterocycles. The third-order valence-electron chi connectivity index (χ3n) is 5.56. The molecule has 2 rings (SSSR count). The molecule has 0 bridgehead atoms. The molecule has 1 fully saturated rings. The van der Waals surface area contributed by atoms with Gasteiger partial charge in [0.15, 0.2) is 0 Å². The van der Waals surface area contributed by atoms with E-state index >= 15 is 0 Å². The molecule has 4 heteroatoms. The number of allylic oxidation sites excluding steroid dienone is 2. The number of hydrazine groups is 1. The summed E-state index contributed by atoms with van der Waals surface area (Å²) in [5.41, 5.74) is 6.89. The van der Waals surface area contributed by atoms with Crippen molar-refractivity contribution >= 4 is 5.91 Å². The fraction of sp³-hybridized carbons (Fsp3) is 0.783. The number of hydrogen-bond acceptors (Lipinski definition) is 3. The maximum Gasteiger partial charge on any atom is 0.261 e. The molecule has 0 aromatic rings. The van der Waals surface area contributed by atoms with E-state index in [9.17, 15) is 4.79 Å². The maximum absolute atomic E-state index is 11.8. The van der Waals surface area contributed by atoms with Crippen LogP contribution in [0.15, 0.2) is 23.8 Å². The van der Waals surface area contributed by atoms with Crippen molar-refractivity contribution in [1.82, 2.24) is 16.2 Å². The minimum absolute atomic E-state index is 0.0138. The summed E-state index contributed by atoms with van der Waals surface area (Å²) in [5.74, 6) is 1.55. The molecule has 4 nitrogen and oxygen atoms in total. The SMILES string of the molecule is CCCCNCCC.CCC[C@H]1CCC([C@H]2/C=C/C=C(/CC)C(=O)NN2)C1. The molecule has 2 aliphatic rings. The highest BCUT2D eigenvalue weighted by atomic mass is 16.2. The van der Waals surface area contributed by atoms with Crippen LogP contribution < -0.4 is 16.2 Å². The van der Waals surface area contributed by atoms with Gasteiger partial charge >= 0.3 is 0 Å². The number of carbonyl (C=O) groups excluding carboxylic acids is 1. The van der Waals surface area contributed by atoms with Gasteiger partial charge in [0.05, 0.1) is 0 Å². The van der Waals surface area contributed by atoms with Crippen LogP contribution in [0.1, 0.15) is 85.5 Å². The largest absolute Gasteiger partial charge is 0.317 e. The minimum Gasteiger partial charge on any atom is -0.317 e. The molecule has 1 aliphatic heterocycles. The molecule has 0 aromatic heterocycles. The van der Waals surface area contributed by atoms with E-state index in [2.05, 4.69) is 43.0 Å². The van der Waals surface area contributed by atoms with E-state index in [0.717, 1.165) is 17.9 Å². The number of carbonyl (C=O) groups is 1. The Hall–Kier alpha value is -1.13. The Kier molecular flexibility index (Phi) is 13.2. The van der Waals surface area contributed by atoms with Gasteiger partial charge in [0.2, 0.25) is 0 Å². The average Bonchev–Trinajstić information content (AvgIpc) is 3.12. The molecule has 3 atom stereocenters.